The van der Waals surface area contributed by atoms with E-state index >= 15 is 0 Å². The van der Waals surface area contributed by atoms with Crippen LogP contribution in [0, 0.1) is 16.0 Å². The lowest BCUT2D eigenvalue weighted by molar-refractivity contribution is -0.385. The largest absolute Gasteiger partial charge is 0.481 e. The summed E-state index contributed by atoms with van der Waals surface area (Å²) in [5.74, 6) is -2.30. The van der Waals surface area contributed by atoms with E-state index in [1.807, 2.05) is 0 Å². The fourth-order valence-electron chi connectivity index (χ4n) is 1.61. The minimum absolute atomic E-state index is 0.0160. The van der Waals surface area contributed by atoms with Crippen molar-refractivity contribution >= 4 is 17.6 Å². The molecule has 0 aliphatic heterocycles. The predicted octanol–water partition coefficient (Wildman–Crippen LogP) is -0.0644. The van der Waals surface area contributed by atoms with Crippen LogP contribution in [0.5, 0.6) is 0 Å². The van der Waals surface area contributed by atoms with Gasteiger partial charge in [-0.05, 0) is 0 Å². The first-order valence-corrected chi connectivity index (χ1v) is 6.04. The molecule has 1 amide bonds. The molecule has 1 N–H and O–H groups in total. The predicted molar refractivity (Wildman–Crippen MR) is 71.8 cm³/mol. The van der Waals surface area contributed by atoms with Crippen molar-refractivity contribution in [1.29, 1.82) is 0 Å². The maximum absolute atomic E-state index is 11.9. The first kappa shape index (κ1) is 16.3. The van der Waals surface area contributed by atoms with E-state index in [0.717, 1.165) is 22.9 Å². The maximum Gasteiger partial charge on any atom is 0.308 e. The van der Waals surface area contributed by atoms with E-state index in [-0.39, 0.29) is 18.8 Å². The van der Waals surface area contributed by atoms with Crippen LogP contribution >= 0.6 is 0 Å². The maximum atomic E-state index is 11.9. The van der Waals surface area contributed by atoms with Gasteiger partial charge in [-0.3, -0.25) is 29.1 Å². The second-order valence-corrected chi connectivity index (χ2v) is 4.62. The second-order valence-electron chi connectivity index (χ2n) is 4.62. The molecule has 0 aliphatic rings. The molecule has 1 heterocycles. The van der Waals surface area contributed by atoms with Crippen molar-refractivity contribution in [3.8, 4) is 0 Å². The van der Waals surface area contributed by atoms with Gasteiger partial charge in [0.15, 0.2) is 0 Å². The van der Waals surface area contributed by atoms with Crippen LogP contribution in [0.25, 0.3) is 0 Å². The first-order valence-electron chi connectivity index (χ1n) is 6.04. The van der Waals surface area contributed by atoms with Crippen molar-refractivity contribution < 1.29 is 19.6 Å². The molecular weight excluding hydrogens is 282 g/mol. The molecule has 114 valence electrons. The molecule has 1 unspecified atom stereocenters. The topological polar surface area (TPSA) is 123 Å². The Morgan fingerprint density at radius 2 is 2.10 bits per heavy atom. The Morgan fingerprint density at radius 3 is 2.62 bits per heavy atom. The van der Waals surface area contributed by atoms with E-state index in [1.165, 1.54) is 18.9 Å². The van der Waals surface area contributed by atoms with Crippen LogP contribution < -0.4 is 5.56 Å². The highest BCUT2D eigenvalue weighted by molar-refractivity contribution is 5.77. The van der Waals surface area contributed by atoms with Gasteiger partial charge in [-0.15, -0.1) is 0 Å². The molecule has 0 bridgehead atoms. The molecular formula is C12H15N3O6. The lowest BCUT2D eigenvalue weighted by atomic mass is 10.2. The van der Waals surface area contributed by atoms with Gasteiger partial charge in [0.05, 0.1) is 17.0 Å². The number of aromatic nitrogens is 1. The lowest BCUT2D eigenvalue weighted by Crippen LogP contribution is -2.37. The van der Waals surface area contributed by atoms with Crippen LogP contribution in [0.15, 0.2) is 23.1 Å². The number of hydrogen-bond acceptors (Lipinski definition) is 5. The van der Waals surface area contributed by atoms with Crippen LogP contribution in [0.2, 0.25) is 0 Å². The SMILES string of the molecule is CC(CN(C)C(=O)Cn1cc([N+](=O)[O-])ccc1=O)C(=O)O. The van der Waals surface area contributed by atoms with Gasteiger partial charge in [-0.2, -0.15) is 0 Å². The van der Waals surface area contributed by atoms with Gasteiger partial charge >= 0.3 is 5.97 Å². The molecule has 0 radical (unpaired) electrons. The molecule has 1 aromatic heterocycles. The Labute approximate surface area is 119 Å². The summed E-state index contributed by atoms with van der Waals surface area (Å²) in [5, 5.41) is 19.4. The third-order valence-corrected chi connectivity index (χ3v) is 2.88. The Bertz CT molecular complexity index is 624. The summed E-state index contributed by atoms with van der Waals surface area (Å²) in [7, 11) is 1.41. The Hall–Kier alpha value is -2.71. The third kappa shape index (κ3) is 4.41. The first-order chi connectivity index (χ1) is 9.72. The molecule has 1 aromatic rings. The molecule has 1 rings (SSSR count). The summed E-state index contributed by atoms with van der Waals surface area (Å²) >= 11 is 0. The lowest BCUT2D eigenvalue weighted by Gasteiger charge is -2.19. The van der Waals surface area contributed by atoms with E-state index in [9.17, 15) is 24.5 Å². The number of carboxylic acid groups (broad SMARTS) is 1. The van der Waals surface area contributed by atoms with E-state index < -0.39 is 28.3 Å². The third-order valence-electron chi connectivity index (χ3n) is 2.88. The normalized spacial score (nSPS) is 11.7. The van der Waals surface area contributed by atoms with Gasteiger partial charge in [0, 0.05) is 25.7 Å². The number of carboxylic acids is 1. The van der Waals surface area contributed by atoms with Crippen molar-refractivity contribution in [2.75, 3.05) is 13.6 Å². The van der Waals surface area contributed by atoms with Crippen LogP contribution in [0.3, 0.4) is 0 Å². The zero-order chi connectivity index (χ0) is 16.2. The molecule has 0 aliphatic carbocycles. The van der Waals surface area contributed by atoms with Gasteiger partial charge < -0.3 is 10.0 Å². The van der Waals surface area contributed by atoms with E-state index in [4.69, 9.17) is 5.11 Å². The molecule has 9 nitrogen and oxygen atoms in total. The number of nitro groups is 1. The van der Waals surface area contributed by atoms with Gasteiger partial charge in [-0.1, -0.05) is 6.92 Å². The number of carbonyl (C=O) groups excluding carboxylic acids is 1. The monoisotopic (exact) mass is 297 g/mol. The zero-order valence-corrected chi connectivity index (χ0v) is 11.6. The molecule has 0 saturated heterocycles. The fraction of sp³-hybridized carbons (Fsp3) is 0.417. The zero-order valence-electron chi connectivity index (χ0n) is 11.6. The molecule has 21 heavy (non-hydrogen) atoms. The van der Waals surface area contributed by atoms with E-state index in [2.05, 4.69) is 0 Å². The van der Waals surface area contributed by atoms with Gasteiger partial charge in [0.2, 0.25) is 5.91 Å². The average molecular weight is 297 g/mol. The molecule has 0 saturated carbocycles. The Kier molecular flexibility index (Phi) is 5.17. The summed E-state index contributed by atoms with van der Waals surface area (Å²) < 4.78 is 0.919. The molecule has 0 aromatic carbocycles. The van der Waals surface area contributed by atoms with Crippen molar-refractivity contribution in [3.63, 3.8) is 0 Å². The summed E-state index contributed by atoms with van der Waals surface area (Å²) in [6, 6.07) is 2.06. The quantitative estimate of drug-likeness (QED) is 0.579. The minimum atomic E-state index is -1.04. The van der Waals surface area contributed by atoms with Gasteiger partial charge in [0.1, 0.15) is 6.54 Å². The number of aliphatic carboxylic acids is 1. The number of hydrogen-bond donors (Lipinski definition) is 1. The summed E-state index contributed by atoms with van der Waals surface area (Å²) in [6.07, 6.45) is 0.981. The van der Waals surface area contributed by atoms with Crippen molar-refractivity contribution in [1.82, 2.24) is 9.47 Å². The van der Waals surface area contributed by atoms with Crippen LogP contribution in [0.4, 0.5) is 5.69 Å². The second kappa shape index (κ2) is 6.64. The standard InChI is InChI=1S/C12H15N3O6/c1-8(12(18)19)5-13(2)11(17)7-14-6-9(15(20)21)3-4-10(14)16/h3-4,6,8H,5,7H2,1-2H3,(H,18,19). The van der Waals surface area contributed by atoms with Gasteiger partial charge in [-0.25, -0.2) is 0 Å². The van der Waals surface area contributed by atoms with Gasteiger partial charge in [0.25, 0.3) is 11.2 Å². The van der Waals surface area contributed by atoms with Crippen LogP contribution in [-0.2, 0) is 16.1 Å². The molecule has 9 heteroatoms. The number of amides is 1. The van der Waals surface area contributed by atoms with Crippen molar-refractivity contribution in [3.05, 3.63) is 38.8 Å². The highest BCUT2D eigenvalue weighted by Gasteiger charge is 2.18. The highest BCUT2D eigenvalue weighted by atomic mass is 16.6. The summed E-state index contributed by atoms with van der Waals surface area (Å²) in [4.78, 5) is 45.3. The number of pyridine rings is 1. The Morgan fingerprint density at radius 1 is 1.48 bits per heavy atom. The summed E-state index contributed by atoms with van der Waals surface area (Å²) in [6.45, 7) is 1.05. The Balaban J connectivity index is 2.83. The van der Waals surface area contributed by atoms with Crippen molar-refractivity contribution in [2.45, 2.75) is 13.5 Å². The molecule has 0 fully saturated rings. The highest BCUT2D eigenvalue weighted by Crippen LogP contribution is 2.07. The molecule has 0 spiro atoms. The smallest absolute Gasteiger partial charge is 0.308 e. The number of rotatable bonds is 6. The number of nitrogens with zero attached hydrogens (tertiary/aromatic N) is 3. The average Bonchev–Trinajstić information content (AvgIpc) is 2.40. The van der Waals surface area contributed by atoms with E-state index in [1.54, 1.807) is 0 Å². The van der Waals surface area contributed by atoms with Crippen LogP contribution in [-0.4, -0.2) is 45.0 Å². The summed E-state index contributed by atoms with van der Waals surface area (Å²) in [5.41, 5.74) is -0.849. The minimum Gasteiger partial charge on any atom is -0.481 e. The fourth-order valence-corrected chi connectivity index (χ4v) is 1.61. The van der Waals surface area contributed by atoms with Crippen LogP contribution in [0.1, 0.15) is 6.92 Å². The number of likely N-dealkylation sites (N-methyl/N-ethyl adjacent to an activating group) is 1. The van der Waals surface area contributed by atoms with Crippen molar-refractivity contribution in [2.24, 2.45) is 5.92 Å². The van der Waals surface area contributed by atoms with E-state index in [0.29, 0.717) is 0 Å². The number of carbonyl (C=O) groups is 2. The molecule has 1 atom stereocenters.